The minimum atomic E-state index is -1.29. The third-order valence-electron chi connectivity index (χ3n) is 6.22. The Labute approximate surface area is 136 Å². The van der Waals surface area contributed by atoms with Gasteiger partial charge < -0.3 is 9.47 Å². The number of rotatable bonds is 1. The van der Waals surface area contributed by atoms with Crippen LogP contribution in [0.15, 0.2) is 22.5 Å². The van der Waals surface area contributed by atoms with E-state index in [4.69, 9.17) is 9.47 Å². The van der Waals surface area contributed by atoms with Crippen molar-refractivity contribution < 1.29 is 19.1 Å². The Morgan fingerprint density at radius 2 is 1.83 bits per heavy atom. The molecule has 3 aliphatic heterocycles. The van der Waals surface area contributed by atoms with Crippen LogP contribution < -0.4 is 0 Å². The molecule has 0 aromatic rings. The number of esters is 1. The number of carbonyl (C=O) groups is 2. The molecule has 3 heterocycles. The lowest BCUT2D eigenvalue weighted by Gasteiger charge is -2.46. The Bertz CT molecular complexity index is 677. The van der Waals surface area contributed by atoms with Gasteiger partial charge in [-0.1, -0.05) is 0 Å². The van der Waals surface area contributed by atoms with Gasteiger partial charge in [-0.05, 0) is 70.2 Å². The third kappa shape index (κ3) is 1.47. The molecule has 0 amide bonds. The van der Waals surface area contributed by atoms with E-state index in [1.165, 1.54) is 12.7 Å². The van der Waals surface area contributed by atoms with Crippen molar-refractivity contribution in [1.29, 1.82) is 0 Å². The van der Waals surface area contributed by atoms with Crippen molar-refractivity contribution in [3.8, 4) is 0 Å². The zero-order valence-corrected chi connectivity index (χ0v) is 14.0. The SMILES string of the molecule is COC1=C(C)C(=O)O[C@]12C(=O)C(C)=C1CCCCN3CCC[C@@]132. The highest BCUT2D eigenvalue weighted by molar-refractivity contribution is 6.14. The second kappa shape index (κ2) is 4.69. The topological polar surface area (TPSA) is 55.8 Å². The van der Waals surface area contributed by atoms with E-state index in [0.29, 0.717) is 11.3 Å². The summed E-state index contributed by atoms with van der Waals surface area (Å²) < 4.78 is 11.5. The number of hydrogen-bond acceptors (Lipinski definition) is 5. The summed E-state index contributed by atoms with van der Waals surface area (Å²) >= 11 is 0. The van der Waals surface area contributed by atoms with Crippen LogP contribution in [0.3, 0.4) is 0 Å². The molecule has 0 bridgehead atoms. The highest BCUT2D eigenvalue weighted by Crippen LogP contribution is 2.60. The standard InChI is InChI=1S/C18H23NO4/c1-11-13-7-4-5-9-19-10-6-8-17(13,19)18(14(11)20)15(22-3)12(2)16(21)23-18/h4-10H2,1-3H3/t17-,18+/m0/s1. The van der Waals surface area contributed by atoms with E-state index in [1.807, 2.05) is 6.92 Å². The summed E-state index contributed by atoms with van der Waals surface area (Å²) in [6.07, 6.45) is 4.96. The molecule has 0 aromatic carbocycles. The molecule has 0 aromatic heterocycles. The van der Waals surface area contributed by atoms with Crippen molar-refractivity contribution in [2.45, 2.75) is 57.1 Å². The number of ether oxygens (including phenoxy) is 2. The molecule has 23 heavy (non-hydrogen) atoms. The second-order valence-corrected chi connectivity index (χ2v) is 7.07. The van der Waals surface area contributed by atoms with E-state index >= 15 is 0 Å². The largest absolute Gasteiger partial charge is 0.496 e. The van der Waals surface area contributed by atoms with E-state index in [0.717, 1.165) is 50.8 Å². The van der Waals surface area contributed by atoms with E-state index in [9.17, 15) is 9.59 Å². The van der Waals surface area contributed by atoms with Gasteiger partial charge in [0, 0.05) is 0 Å². The third-order valence-corrected chi connectivity index (χ3v) is 6.22. The Hall–Kier alpha value is -1.62. The van der Waals surface area contributed by atoms with Gasteiger partial charge in [0.15, 0.2) is 5.76 Å². The minimum Gasteiger partial charge on any atom is -0.496 e. The Morgan fingerprint density at radius 3 is 2.57 bits per heavy atom. The number of carbonyl (C=O) groups excluding carboxylic acids is 2. The summed E-state index contributed by atoms with van der Waals surface area (Å²) in [5.41, 5.74) is 0.567. The van der Waals surface area contributed by atoms with Gasteiger partial charge in [0.05, 0.1) is 18.2 Å². The maximum atomic E-state index is 13.3. The van der Waals surface area contributed by atoms with Gasteiger partial charge in [0.25, 0.3) is 5.60 Å². The smallest absolute Gasteiger partial charge is 0.338 e. The van der Waals surface area contributed by atoms with Crippen molar-refractivity contribution in [3.05, 3.63) is 22.5 Å². The minimum absolute atomic E-state index is 0.0802. The van der Waals surface area contributed by atoms with Gasteiger partial charge in [-0.25, -0.2) is 4.79 Å². The molecule has 0 unspecified atom stereocenters. The van der Waals surface area contributed by atoms with Crippen LogP contribution in [0.25, 0.3) is 0 Å². The molecule has 0 saturated carbocycles. The lowest BCUT2D eigenvalue weighted by atomic mass is 9.73. The fourth-order valence-corrected chi connectivity index (χ4v) is 5.37. The van der Waals surface area contributed by atoms with Crippen LogP contribution in [0, 0.1) is 0 Å². The molecule has 1 aliphatic carbocycles. The maximum absolute atomic E-state index is 13.3. The van der Waals surface area contributed by atoms with Gasteiger partial charge >= 0.3 is 5.97 Å². The van der Waals surface area contributed by atoms with E-state index in [2.05, 4.69) is 4.90 Å². The number of ketones is 1. The summed E-state index contributed by atoms with van der Waals surface area (Å²) in [5, 5.41) is 0. The van der Waals surface area contributed by atoms with Crippen LogP contribution >= 0.6 is 0 Å². The molecule has 124 valence electrons. The van der Waals surface area contributed by atoms with Crippen molar-refractivity contribution in [3.63, 3.8) is 0 Å². The van der Waals surface area contributed by atoms with E-state index < -0.39 is 17.1 Å². The summed E-state index contributed by atoms with van der Waals surface area (Å²) in [7, 11) is 1.54. The molecule has 5 heteroatoms. The lowest BCUT2D eigenvalue weighted by Crippen LogP contribution is -2.64. The van der Waals surface area contributed by atoms with E-state index in [-0.39, 0.29) is 5.78 Å². The highest BCUT2D eigenvalue weighted by atomic mass is 16.6. The Morgan fingerprint density at radius 1 is 1.09 bits per heavy atom. The quantitative estimate of drug-likeness (QED) is 0.693. The van der Waals surface area contributed by atoms with Crippen LogP contribution in [0.5, 0.6) is 0 Å². The average Bonchev–Trinajstić information content (AvgIpc) is 3.06. The highest BCUT2D eigenvalue weighted by Gasteiger charge is 2.74. The van der Waals surface area contributed by atoms with Crippen molar-refractivity contribution >= 4 is 11.8 Å². The Balaban J connectivity index is 2.02. The first-order chi connectivity index (χ1) is 11.0. The maximum Gasteiger partial charge on any atom is 0.338 e. The molecule has 5 nitrogen and oxygen atoms in total. The molecule has 2 saturated heterocycles. The predicted octanol–water partition coefficient (Wildman–Crippen LogP) is 2.12. The molecule has 4 rings (SSSR count). The molecule has 0 radical (unpaired) electrons. The number of methoxy groups -OCH3 is 1. The van der Waals surface area contributed by atoms with E-state index in [1.54, 1.807) is 6.92 Å². The summed E-state index contributed by atoms with van der Waals surface area (Å²) in [4.78, 5) is 28.1. The van der Waals surface area contributed by atoms with Crippen molar-refractivity contribution in [1.82, 2.24) is 4.90 Å². The molecule has 2 fully saturated rings. The fourth-order valence-electron chi connectivity index (χ4n) is 5.37. The molecule has 2 atom stereocenters. The zero-order chi connectivity index (χ0) is 16.4. The van der Waals surface area contributed by atoms with Gasteiger partial charge in [-0.2, -0.15) is 0 Å². The molecule has 2 spiro atoms. The normalized spacial score (nSPS) is 37.3. The zero-order valence-electron chi connectivity index (χ0n) is 14.0. The number of Topliss-reactive ketones (excluding diaryl/α,β-unsaturated/α-hetero) is 1. The fraction of sp³-hybridized carbons (Fsp3) is 0.667. The lowest BCUT2D eigenvalue weighted by molar-refractivity contribution is -0.166. The van der Waals surface area contributed by atoms with Crippen LogP contribution in [-0.4, -0.2) is 48.0 Å². The molecular weight excluding hydrogens is 294 g/mol. The molecule has 0 N–H and O–H groups in total. The Kier molecular flexibility index (Phi) is 3.05. The average molecular weight is 317 g/mol. The van der Waals surface area contributed by atoms with Gasteiger partial charge in [0.1, 0.15) is 0 Å². The summed E-state index contributed by atoms with van der Waals surface area (Å²) in [6.45, 7) is 5.48. The van der Waals surface area contributed by atoms with Crippen molar-refractivity contribution in [2.24, 2.45) is 0 Å². The summed E-state index contributed by atoms with van der Waals surface area (Å²) in [5.74, 6) is -0.0753. The van der Waals surface area contributed by atoms with Crippen LogP contribution in [-0.2, 0) is 19.1 Å². The van der Waals surface area contributed by atoms with Crippen LogP contribution in [0.2, 0.25) is 0 Å². The first-order valence-corrected chi connectivity index (χ1v) is 8.49. The number of nitrogens with zero attached hydrogens (tertiary/aromatic N) is 1. The van der Waals surface area contributed by atoms with Gasteiger partial charge in [-0.3, -0.25) is 9.69 Å². The monoisotopic (exact) mass is 317 g/mol. The first kappa shape index (κ1) is 14.9. The van der Waals surface area contributed by atoms with Gasteiger partial charge in [0.2, 0.25) is 5.78 Å². The van der Waals surface area contributed by atoms with Crippen LogP contribution in [0.4, 0.5) is 0 Å². The predicted molar refractivity (Wildman–Crippen MR) is 83.6 cm³/mol. The number of hydrogen-bond donors (Lipinski definition) is 0. The second-order valence-electron chi connectivity index (χ2n) is 7.07. The van der Waals surface area contributed by atoms with Gasteiger partial charge in [-0.15, -0.1) is 0 Å². The molecule has 4 aliphatic rings. The molecular formula is C18H23NO4. The first-order valence-electron chi connectivity index (χ1n) is 8.49. The van der Waals surface area contributed by atoms with Crippen LogP contribution in [0.1, 0.15) is 46.0 Å². The summed E-state index contributed by atoms with van der Waals surface area (Å²) in [6, 6.07) is 0. The van der Waals surface area contributed by atoms with Crippen molar-refractivity contribution in [2.75, 3.05) is 20.2 Å².